The summed E-state index contributed by atoms with van der Waals surface area (Å²) in [5, 5.41) is 6.63. The Morgan fingerprint density at radius 2 is 2.14 bits per heavy atom. The summed E-state index contributed by atoms with van der Waals surface area (Å²) in [4.78, 5) is 12.1. The average molecular weight is 291 g/mol. The molecule has 1 aromatic heterocycles. The van der Waals surface area contributed by atoms with Crippen molar-refractivity contribution in [3.8, 4) is 0 Å². The largest absolute Gasteiger partial charge is 0.352 e. The minimum atomic E-state index is 0.137. The van der Waals surface area contributed by atoms with Gasteiger partial charge in [0.25, 0.3) is 0 Å². The van der Waals surface area contributed by atoms with E-state index in [2.05, 4.69) is 36.7 Å². The van der Waals surface area contributed by atoms with Crippen molar-refractivity contribution in [1.82, 2.24) is 15.2 Å². The molecule has 2 rings (SSSR count). The van der Waals surface area contributed by atoms with E-state index in [0.29, 0.717) is 18.6 Å². The van der Waals surface area contributed by atoms with Gasteiger partial charge in [0.15, 0.2) is 0 Å². The molecule has 118 valence electrons. The summed E-state index contributed by atoms with van der Waals surface area (Å²) in [6.07, 6.45) is 11.3. The van der Waals surface area contributed by atoms with Crippen molar-refractivity contribution in [1.29, 1.82) is 0 Å². The topological polar surface area (TPSA) is 46.1 Å². The highest BCUT2D eigenvalue weighted by Gasteiger charge is 2.16. The van der Waals surface area contributed by atoms with E-state index < -0.39 is 0 Å². The number of carbonyl (C=O) groups is 1. The van der Waals surface area contributed by atoms with Gasteiger partial charge in [-0.15, -0.1) is 0 Å². The predicted molar refractivity (Wildman–Crippen MR) is 86.2 cm³/mol. The summed E-state index contributed by atoms with van der Waals surface area (Å²) in [6, 6.07) is 2.83. The Kier molecular flexibility index (Phi) is 6.30. The quantitative estimate of drug-likeness (QED) is 0.811. The SMILES string of the molecule is CCCNC(C)c1ccn(CC(=O)NC2CCCCC2)c1. The fourth-order valence-corrected chi connectivity index (χ4v) is 2.98. The Labute approximate surface area is 128 Å². The Morgan fingerprint density at radius 1 is 1.38 bits per heavy atom. The lowest BCUT2D eigenvalue weighted by Crippen LogP contribution is -2.38. The molecule has 0 aliphatic heterocycles. The zero-order chi connectivity index (χ0) is 15.1. The third-order valence-electron chi connectivity index (χ3n) is 4.27. The molecule has 21 heavy (non-hydrogen) atoms. The van der Waals surface area contributed by atoms with Gasteiger partial charge in [0, 0.05) is 24.5 Å². The number of carbonyl (C=O) groups excluding carboxylic acids is 1. The van der Waals surface area contributed by atoms with Gasteiger partial charge in [-0.05, 0) is 44.4 Å². The number of rotatable bonds is 7. The first kappa shape index (κ1) is 16.1. The second kappa shape index (κ2) is 8.23. The molecule has 1 fully saturated rings. The third kappa shape index (κ3) is 5.20. The summed E-state index contributed by atoms with van der Waals surface area (Å²) in [5.41, 5.74) is 1.24. The fraction of sp³-hybridized carbons (Fsp3) is 0.706. The Morgan fingerprint density at radius 3 is 2.86 bits per heavy atom. The van der Waals surface area contributed by atoms with Crippen LogP contribution in [-0.4, -0.2) is 23.1 Å². The zero-order valence-electron chi connectivity index (χ0n) is 13.4. The first-order chi connectivity index (χ1) is 10.2. The molecule has 0 saturated heterocycles. The molecule has 0 spiro atoms. The van der Waals surface area contributed by atoms with Crippen molar-refractivity contribution in [2.24, 2.45) is 0 Å². The molecule has 1 unspecified atom stereocenters. The minimum absolute atomic E-state index is 0.137. The highest BCUT2D eigenvalue weighted by atomic mass is 16.2. The summed E-state index contributed by atoms with van der Waals surface area (Å²) >= 11 is 0. The summed E-state index contributed by atoms with van der Waals surface area (Å²) in [7, 11) is 0. The van der Waals surface area contributed by atoms with Crippen LogP contribution in [0.25, 0.3) is 0 Å². The Hall–Kier alpha value is -1.29. The summed E-state index contributed by atoms with van der Waals surface area (Å²) < 4.78 is 1.98. The Bertz CT molecular complexity index is 435. The van der Waals surface area contributed by atoms with Gasteiger partial charge in [-0.1, -0.05) is 26.2 Å². The lowest BCUT2D eigenvalue weighted by atomic mass is 9.95. The van der Waals surface area contributed by atoms with E-state index in [9.17, 15) is 4.79 Å². The molecular formula is C17H29N3O. The molecule has 0 aromatic carbocycles. The van der Waals surface area contributed by atoms with Gasteiger partial charge in [-0.3, -0.25) is 4.79 Å². The van der Waals surface area contributed by atoms with Crippen LogP contribution in [0.1, 0.15) is 64.0 Å². The van der Waals surface area contributed by atoms with Crippen LogP contribution < -0.4 is 10.6 Å². The Balaban J connectivity index is 1.79. The molecule has 0 radical (unpaired) electrons. The van der Waals surface area contributed by atoms with Crippen molar-refractivity contribution in [3.63, 3.8) is 0 Å². The molecule has 1 aromatic rings. The van der Waals surface area contributed by atoms with E-state index in [0.717, 1.165) is 25.8 Å². The molecule has 1 aliphatic rings. The number of nitrogens with zero attached hydrogens (tertiary/aromatic N) is 1. The van der Waals surface area contributed by atoms with Crippen molar-refractivity contribution >= 4 is 5.91 Å². The maximum Gasteiger partial charge on any atom is 0.240 e. The number of aromatic nitrogens is 1. The lowest BCUT2D eigenvalue weighted by Gasteiger charge is -2.22. The second-order valence-corrected chi connectivity index (χ2v) is 6.20. The summed E-state index contributed by atoms with van der Waals surface area (Å²) in [5.74, 6) is 0.137. The average Bonchev–Trinajstić information content (AvgIpc) is 2.94. The van der Waals surface area contributed by atoms with Gasteiger partial charge in [0.1, 0.15) is 6.54 Å². The molecule has 1 amide bonds. The van der Waals surface area contributed by atoms with Crippen molar-refractivity contribution in [2.45, 2.75) is 71.0 Å². The van der Waals surface area contributed by atoms with E-state index in [1.54, 1.807) is 0 Å². The highest BCUT2D eigenvalue weighted by molar-refractivity contribution is 5.76. The van der Waals surface area contributed by atoms with Crippen LogP contribution in [0, 0.1) is 0 Å². The van der Waals surface area contributed by atoms with Crippen LogP contribution in [0.2, 0.25) is 0 Å². The van der Waals surface area contributed by atoms with Gasteiger partial charge in [-0.25, -0.2) is 0 Å². The molecular weight excluding hydrogens is 262 g/mol. The van der Waals surface area contributed by atoms with Crippen molar-refractivity contribution < 1.29 is 4.79 Å². The van der Waals surface area contributed by atoms with Gasteiger partial charge in [-0.2, -0.15) is 0 Å². The molecule has 2 N–H and O–H groups in total. The number of amides is 1. The van der Waals surface area contributed by atoms with Gasteiger partial charge in [0.05, 0.1) is 0 Å². The van der Waals surface area contributed by atoms with Crippen LogP contribution in [0.15, 0.2) is 18.5 Å². The molecule has 0 bridgehead atoms. The third-order valence-corrected chi connectivity index (χ3v) is 4.27. The maximum atomic E-state index is 12.1. The van der Waals surface area contributed by atoms with E-state index in [4.69, 9.17) is 0 Å². The molecule has 1 aliphatic carbocycles. The summed E-state index contributed by atoms with van der Waals surface area (Å²) in [6.45, 7) is 5.78. The van der Waals surface area contributed by atoms with Crippen LogP contribution in [-0.2, 0) is 11.3 Å². The van der Waals surface area contributed by atoms with E-state index >= 15 is 0 Å². The minimum Gasteiger partial charge on any atom is -0.352 e. The molecule has 1 atom stereocenters. The first-order valence-electron chi connectivity index (χ1n) is 8.37. The number of nitrogens with one attached hydrogen (secondary N) is 2. The van der Waals surface area contributed by atoms with E-state index in [-0.39, 0.29) is 5.91 Å². The molecule has 4 heteroatoms. The van der Waals surface area contributed by atoms with Crippen LogP contribution in [0.3, 0.4) is 0 Å². The molecule has 1 saturated carbocycles. The van der Waals surface area contributed by atoms with Gasteiger partial charge >= 0.3 is 0 Å². The maximum absolute atomic E-state index is 12.1. The van der Waals surface area contributed by atoms with Crippen LogP contribution in [0.5, 0.6) is 0 Å². The molecule has 1 heterocycles. The fourth-order valence-electron chi connectivity index (χ4n) is 2.98. The van der Waals surface area contributed by atoms with Crippen LogP contribution >= 0.6 is 0 Å². The lowest BCUT2D eigenvalue weighted by molar-refractivity contribution is -0.122. The van der Waals surface area contributed by atoms with Gasteiger partial charge in [0.2, 0.25) is 5.91 Å². The van der Waals surface area contributed by atoms with Gasteiger partial charge < -0.3 is 15.2 Å². The zero-order valence-corrected chi connectivity index (χ0v) is 13.4. The monoisotopic (exact) mass is 291 g/mol. The smallest absolute Gasteiger partial charge is 0.240 e. The van der Waals surface area contributed by atoms with Crippen molar-refractivity contribution in [3.05, 3.63) is 24.0 Å². The van der Waals surface area contributed by atoms with Crippen molar-refractivity contribution in [2.75, 3.05) is 6.54 Å². The second-order valence-electron chi connectivity index (χ2n) is 6.20. The number of hydrogen-bond donors (Lipinski definition) is 2. The first-order valence-corrected chi connectivity index (χ1v) is 8.37. The van der Waals surface area contributed by atoms with E-state index in [1.807, 2.05) is 10.8 Å². The number of hydrogen-bond acceptors (Lipinski definition) is 2. The highest BCUT2D eigenvalue weighted by Crippen LogP contribution is 2.17. The molecule has 4 nitrogen and oxygen atoms in total. The predicted octanol–water partition coefficient (Wildman–Crippen LogP) is 3.00. The standard InChI is InChI=1S/C17H29N3O/c1-3-10-18-14(2)15-9-11-20(12-15)13-17(21)19-16-7-5-4-6-8-16/h9,11-12,14,16,18H,3-8,10,13H2,1-2H3,(H,19,21). The normalized spacial score (nSPS) is 17.6. The van der Waals surface area contributed by atoms with Crippen LogP contribution in [0.4, 0.5) is 0 Å². The van der Waals surface area contributed by atoms with E-state index in [1.165, 1.54) is 24.8 Å².